The van der Waals surface area contributed by atoms with Gasteiger partial charge in [-0.2, -0.15) is 0 Å². The topological polar surface area (TPSA) is 12.5 Å². The minimum atomic E-state index is 0.519. The van der Waals surface area contributed by atoms with Gasteiger partial charge in [-0.05, 0) is 38.1 Å². The van der Waals surface area contributed by atoms with Crippen LogP contribution in [0.5, 0.6) is 5.75 Å². The van der Waals surface area contributed by atoms with Crippen LogP contribution in [0.2, 0.25) is 0 Å². The van der Waals surface area contributed by atoms with Crippen LogP contribution in [0.3, 0.4) is 0 Å². The monoisotopic (exact) mass is 221 g/mol. The Morgan fingerprint density at radius 1 is 1.19 bits per heavy atom. The number of ether oxygens (including phenoxy) is 1. The number of nitrogens with zero attached hydrogens (tertiary/aromatic N) is 1. The summed E-state index contributed by atoms with van der Waals surface area (Å²) >= 11 is 0. The smallest absolute Gasteiger partial charge is 0.122 e. The van der Waals surface area contributed by atoms with E-state index in [1.54, 1.807) is 0 Å². The second-order valence-electron chi connectivity index (χ2n) is 4.70. The number of hydrogen-bond acceptors (Lipinski definition) is 2. The van der Waals surface area contributed by atoms with Gasteiger partial charge in [0.25, 0.3) is 0 Å². The van der Waals surface area contributed by atoms with Gasteiger partial charge >= 0.3 is 0 Å². The van der Waals surface area contributed by atoms with Gasteiger partial charge in [0.15, 0.2) is 0 Å². The summed E-state index contributed by atoms with van der Waals surface area (Å²) < 4.78 is 5.82. The van der Waals surface area contributed by atoms with Gasteiger partial charge in [-0.15, -0.1) is 0 Å². The summed E-state index contributed by atoms with van der Waals surface area (Å²) in [6, 6.07) is 8.31. The van der Waals surface area contributed by atoms with Gasteiger partial charge in [0.1, 0.15) is 5.75 Å². The molecule has 0 aromatic heterocycles. The van der Waals surface area contributed by atoms with Gasteiger partial charge in [0.05, 0.1) is 6.61 Å². The molecule has 2 heteroatoms. The summed E-state index contributed by atoms with van der Waals surface area (Å²) in [6.45, 7) is 6.26. The molecule has 0 N–H and O–H groups in total. The molecular weight excluding hydrogens is 198 g/mol. The Bertz CT molecular complexity index is 307. The molecule has 0 amide bonds. The van der Waals surface area contributed by atoms with Crippen LogP contribution in [-0.2, 0) is 0 Å². The lowest BCUT2D eigenvalue weighted by Crippen LogP contribution is -2.15. The van der Waals surface area contributed by atoms with Gasteiger partial charge in [0, 0.05) is 6.54 Å². The molecular formula is C14H23NO. The van der Waals surface area contributed by atoms with E-state index in [1.165, 1.54) is 5.56 Å². The lowest BCUT2D eigenvalue weighted by Gasteiger charge is -2.14. The first-order chi connectivity index (χ1) is 7.61. The third-order valence-electron chi connectivity index (χ3n) is 2.55. The van der Waals surface area contributed by atoms with Crippen molar-refractivity contribution >= 4 is 0 Å². The number of benzene rings is 1. The van der Waals surface area contributed by atoms with Gasteiger partial charge in [-0.3, -0.25) is 0 Å². The van der Waals surface area contributed by atoms with Crippen molar-refractivity contribution in [3.63, 3.8) is 0 Å². The summed E-state index contributed by atoms with van der Waals surface area (Å²) in [7, 11) is 4.17. The highest BCUT2D eigenvalue weighted by Gasteiger charge is 2.06. The van der Waals surface area contributed by atoms with E-state index in [9.17, 15) is 0 Å². The zero-order valence-electron chi connectivity index (χ0n) is 10.9. The Labute approximate surface area is 99.2 Å². The van der Waals surface area contributed by atoms with E-state index in [0.717, 1.165) is 25.3 Å². The van der Waals surface area contributed by atoms with Gasteiger partial charge in [0.2, 0.25) is 0 Å². The van der Waals surface area contributed by atoms with Crippen molar-refractivity contribution in [2.24, 2.45) is 0 Å². The van der Waals surface area contributed by atoms with Crippen molar-refractivity contribution in [3.8, 4) is 5.75 Å². The predicted molar refractivity (Wildman–Crippen MR) is 69.2 cm³/mol. The molecule has 1 rings (SSSR count). The Morgan fingerprint density at radius 2 is 1.88 bits per heavy atom. The molecule has 0 aliphatic rings. The lowest BCUT2D eigenvalue weighted by atomic mass is 10.0. The summed E-state index contributed by atoms with van der Waals surface area (Å²) in [4.78, 5) is 2.18. The van der Waals surface area contributed by atoms with Crippen LogP contribution in [0.4, 0.5) is 0 Å². The first kappa shape index (κ1) is 13.0. The van der Waals surface area contributed by atoms with E-state index in [1.807, 2.05) is 6.07 Å². The Hall–Kier alpha value is -1.02. The molecule has 16 heavy (non-hydrogen) atoms. The molecule has 1 aromatic carbocycles. The van der Waals surface area contributed by atoms with E-state index in [4.69, 9.17) is 4.74 Å². The van der Waals surface area contributed by atoms with E-state index in [0.29, 0.717) is 5.92 Å². The fraction of sp³-hybridized carbons (Fsp3) is 0.571. The number of rotatable bonds is 6. The van der Waals surface area contributed by atoms with Crippen molar-refractivity contribution in [1.29, 1.82) is 0 Å². The average Bonchev–Trinajstić information content (AvgIpc) is 2.24. The SMILES string of the molecule is CC(C)c1ccccc1OCCCN(C)C. The van der Waals surface area contributed by atoms with Crippen LogP contribution in [-0.4, -0.2) is 32.1 Å². The van der Waals surface area contributed by atoms with Crippen LogP contribution in [0.25, 0.3) is 0 Å². The number of para-hydroxylation sites is 1. The highest BCUT2D eigenvalue weighted by molar-refractivity contribution is 5.35. The summed E-state index contributed by atoms with van der Waals surface area (Å²) in [5.74, 6) is 1.56. The van der Waals surface area contributed by atoms with Crippen molar-refractivity contribution in [2.45, 2.75) is 26.2 Å². The highest BCUT2D eigenvalue weighted by atomic mass is 16.5. The zero-order chi connectivity index (χ0) is 12.0. The van der Waals surface area contributed by atoms with E-state index in [2.05, 4.69) is 51.0 Å². The molecule has 0 saturated heterocycles. The van der Waals surface area contributed by atoms with Crippen LogP contribution in [0, 0.1) is 0 Å². The fourth-order valence-electron chi connectivity index (χ4n) is 1.65. The maximum Gasteiger partial charge on any atom is 0.122 e. The van der Waals surface area contributed by atoms with Gasteiger partial charge in [-0.1, -0.05) is 32.0 Å². The summed E-state index contributed by atoms with van der Waals surface area (Å²) in [6.07, 6.45) is 1.07. The van der Waals surface area contributed by atoms with E-state index in [-0.39, 0.29) is 0 Å². The van der Waals surface area contributed by atoms with Crippen LogP contribution >= 0.6 is 0 Å². The molecule has 0 unspecified atom stereocenters. The Morgan fingerprint density at radius 3 is 2.50 bits per heavy atom. The largest absolute Gasteiger partial charge is 0.493 e. The van der Waals surface area contributed by atoms with Crippen LogP contribution < -0.4 is 4.74 Å². The average molecular weight is 221 g/mol. The van der Waals surface area contributed by atoms with Gasteiger partial charge in [-0.25, -0.2) is 0 Å². The normalized spacial score (nSPS) is 11.1. The molecule has 0 heterocycles. The van der Waals surface area contributed by atoms with Crippen LogP contribution in [0.1, 0.15) is 31.7 Å². The maximum absolute atomic E-state index is 5.82. The Balaban J connectivity index is 2.47. The summed E-state index contributed by atoms with van der Waals surface area (Å²) in [5.41, 5.74) is 1.30. The molecule has 90 valence electrons. The second kappa shape index (κ2) is 6.54. The minimum absolute atomic E-state index is 0.519. The maximum atomic E-state index is 5.82. The van der Waals surface area contributed by atoms with Crippen molar-refractivity contribution in [2.75, 3.05) is 27.2 Å². The van der Waals surface area contributed by atoms with Crippen molar-refractivity contribution in [1.82, 2.24) is 4.90 Å². The second-order valence-corrected chi connectivity index (χ2v) is 4.70. The minimum Gasteiger partial charge on any atom is -0.493 e. The predicted octanol–water partition coefficient (Wildman–Crippen LogP) is 3.14. The highest BCUT2D eigenvalue weighted by Crippen LogP contribution is 2.25. The molecule has 0 spiro atoms. The zero-order valence-corrected chi connectivity index (χ0v) is 10.9. The van der Waals surface area contributed by atoms with Crippen LogP contribution in [0.15, 0.2) is 24.3 Å². The van der Waals surface area contributed by atoms with Crippen molar-refractivity contribution < 1.29 is 4.74 Å². The first-order valence-electron chi connectivity index (χ1n) is 5.97. The van der Waals surface area contributed by atoms with Crippen molar-refractivity contribution in [3.05, 3.63) is 29.8 Å². The van der Waals surface area contributed by atoms with Gasteiger partial charge < -0.3 is 9.64 Å². The summed E-state index contributed by atoms with van der Waals surface area (Å²) in [5, 5.41) is 0. The molecule has 0 saturated carbocycles. The lowest BCUT2D eigenvalue weighted by molar-refractivity contribution is 0.279. The quantitative estimate of drug-likeness (QED) is 0.684. The fourth-order valence-corrected chi connectivity index (χ4v) is 1.65. The van der Waals surface area contributed by atoms with E-state index >= 15 is 0 Å². The molecule has 0 aliphatic carbocycles. The standard InChI is InChI=1S/C14H23NO/c1-12(2)13-8-5-6-9-14(13)16-11-7-10-15(3)4/h5-6,8-9,12H,7,10-11H2,1-4H3. The Kier molecular flexibility index (Phi) is 5.33. The molecule has 0 atom stereocenters. The molecule has 0 radical (unpaired) electrons. The molecule has 0 aliphatic heterocycles. The molecule has 0 bridgehead atoms. The van der Waals surface area contributed by atoms with E-state index < -0.39 is 0 Å². The molecule has 0 fully saturated rings. The third-order valence-corrected chi connectivity index (χ3v) is 2.55. The first-order valence-corrected chi connectivity index (χ1v) is 5.97. The number of hydrogen-bond donors (Lipinski definition) is 0. The molecule has 1 aromatic rings. The third kappa shape index (κ3) is 4.23. The molecule has 2 nitrogen and oxygen atoms in total.